The normalized spacial score (nSPS) is 19.0. The molecule has 0 spiro atoms. The number of amides is 2. The first-order valence-electron chi connectivity index (χ1n) is 12.1. The van der Waals surface area contributed by atoms with E-state index in [-0.39, 0.29) is 28.7 Å². The zero-order valence-corrected chi connectivity index (χ0v) is 21.2. The molecule has 1 unspecified atom stereocenters. The van der Waals surface area contributed by atoms with Crippen molar-refractivity contribution in [2.45, 2.75) is 82.7 Å². The number of carbonyl (C=O) groups excluding carboxylic acids is 2. The van der Waals surface area contributed by atoms with Crippen molar-refractivity contribution in [3.8, 4) is 0 Å². The Morgan fingerprint density at radius 1 is 1.06 bits per heavy atom. The van der Waals surface area contributed by atoms with E-state index < -0.39 is 33.7 Å². The summed E-state index contributed by atoms with van der Waals surface area (Å²) in [4.78, 5) is 26.2. The van der Waals surface area contributed by atoms with E-state index >= 15 is 0 Å². The predicted octanol–water partition coefficient (Wildman–Crippen LogP) is 4.50. The first kappa shape index (κ1) is 25.2. The highest BCUT2D eigenvalue weighted by Gasteiger charge is 2.43. The predicted molar refractivity (Wildman–Crippen MR) is 133 cm³/mol. The third kappa shape index (κ3) is 5.19. The van der Waals surface area contributed by atoms with Gasteiger partial charge in [0, 0.05) is 12.1 Å². The van der Waals surface area contributed by atoms with E-state index in [2.05, 4.69) is 10.6 Å². The second-order valence-electron chi connectivity index (χ2n) is 9.66. The molecule has 2 aromatic carbocycles. The van der Waals surface area contributed by atoms with Gasteiger partial charge in [0.25, 0.3) is 10.0 Å². The van der Waals surface area contributed by atoms with Crippen LogP contribution in [0.25, 0.3) is 0 Å². The SMILES string of the molecule is Cc1cc(C)c(S(=O)(=O)N2c3cc(F)ccc3NC(=O)C2CC(=O)NC2CCCCCC2)c(C)c1. The number of aryl methyl sites for hydroxylation is 3. The molecule has 2 aliphatic rings. The van der Waals surface area contributed by atoms with E-state index in [1.165, 1.54) is 6.07 Å². The summed E-state index contributed by atoms with van der Waals surface area (Å²) >= 11 is 0. The topological polar surface area (TPSA) is 95.6 Å². The van der Waals surface area contributed by atoms with Crippen LogP contribution in [0, 0.1) is 26.6 Å². The number of sulfonamides is 1. The Morgan fingerprint density at radius 2 is 1.69 bits per heavy atom. The first-order chi connectivity index (χ1) is 16.6. The molecule has 1 aliphatic heterocycles. The minimum atomic E-state index is -4.31. The van der Waals surface area contributed by atoms with Crippen LogP contribution in [0.15, 0.2) is 35.2 Å². The molecule has 4 rings (SSSR count). The lowest BCUT2D eigenvalue weighted by molar-refractivity contribution is -0.125. The van der Waals surface area contributed by atoms with Crippen LogP contribution in [0.3, 0.4) is 0 Å². The second-order valence-corrected chi connectivity index (χ2v) is 11.4. The molecule has 1 heterocycles. The van der Waals surface area contributed by atoms with Gasteiger partial charge in [-0.05, 0) is 56.9 Å². The molecule has 0 radical (unpaired) electrons. The summed E-state index contributed by atoms with van der Waals surface area (Å²) in [5, 5.41) is 5.65. The van der Waals surface area contributed by atoms with Crippen LogP contribution >= 0.6 is 0 Å². The summed E-state index contributed by atoms with van der Waals surface area (Å²) in [6.45, 7) is 5.25. The Bertz CT molecular complexity index is 1230. The minimum Gasteiger partial charge on any atom is -0.353 e. The van der Waals surface area contributed by atoms with Crippen LogP contribution in [0.2, 0.25) is 0 Å². The molecule has 7 nitrogen and oxygen atoms in total. The Morgan fingerprint density at radius 3 is 2.31 bits per heavy atom. The van der Waals surface area contributed by atoms with E-state index in [1.54, 1.807) is 26.0 Å². The third-order valence-corrected chi connectivity index (χ3v) is 8.89. The number of rotatable bonds is 5. The Balaban J connectivity index is 1.75. The maximum absolute atomic E-state index is 14.3. The lowest BCUT2D eigenvalue weighted by Crippen LogP contribution is -2.53. The van der Waals surface area contributed by atoms with Gasteiger partial charge in [-0.3, -0.25) is 13.9 Å². The molecule has 2 aromatic rings. The molecule has 1 fully saturated rings. The molecule has 188 valence electrons. The van der Waals surface area contributed by atoms with Crippen molar-refractivity contribution < 1.29 is 22.4 Å². The Kier molecular flexibility index (Phi) is 7.17. The lowest BCUT2D eigenvalue weighted by atomic mass is 10.1. The van der Waals surface area contributed by atoms with E-state index in [1.807, 2.05) is 6.92 Å². The van der Waals surface area contributed by atoms with Gasteiger partial charge in [0.1, 0.15) is 11.9 Å². The molecule has 0 saturated heterocycles. The molecule has 0 aromatic heterocycles. The van der Waals surface area contributed by atoms with Gasteiger partial charge >= 0.3 is 0 Å². The van der Waals surface area contributed by atoms with Crippen molar-refractivity contribution in [3.05, 3.63) is 52.8 Å². The molecule has 1 saturated carbocycles. The van der Waals surface area contributed by atoms with E-state index in [0.29, 0.717) is 11.1 Å². The summed E-state index contributed by atoms with van der Waals surface area (Å²) in [6, 6.07) is 5.75. The minimum absolute atomic E-state index is 0.00743. The van der Waals surface area contributed by atoms with Crippen LogP contribution in [0.5, 0.6) is 0 Å². The van der Waals surface area contributed by atoms with E-state index in [0.717, 1.165) is 60.5 Å². The average molecular weight is 502 g/mol. The molecule has 2 N–H and O–H groups in total. The van der Waals surface area contributed by atoms with Gasteiger partial charge in [-0.1, -0.05) is 43.4 Å². The zero-order chi connectivity index (χ0) is 25.3. The number of nitrogens with zero attached hydrogens (tertiary/aromatic N) is 1. The molecular weight excluding hydrogens is 469 g/mol. The van der Waals surface area contributed by atoms with Gasteiger partial charge in [0.15, 0.2) is 0 Å². The molecule has 2 amide bonds. The largest absolute Gasteiger partial charge is 0.353 e. The smallest absolute Gasteiger partial charge is 0.265 e. The summed E-state index contributed by atoms with van der Waals surface area (Å²) in [7, 11) is -4.31. The number of nitrogens with one attached hydrogen (secondary N) is 2. The van der Waals surface area contributed by atoms with Crippen LogP contribution < -0.4 is 14.9 Å². The highest BCUT2D eigenvalue weighted by atomic mass is 32.2. The molecule has 1 atom stereocenters. The van der Waals surface area contributed by atoms with Crippen molar-refractivity contribution in [1.29, 1.82) is 0 Å². The van der Waals surface area contributed by atoms with E-state index in [9.17, 15) is 22.4 Å². The first-order valence-corrected chi connectivity index (χ1v) is 13.5. The fourth-order valence-electron chi connectivity index (χ4n) is 5.31. The number of carbonyl (C=O) groups is 2. The van der Waals surface area contributed by atoms with Crippen molar-refractivity contribution in [2.75, 3.05) is 9.62 Å². The number of benzene rings is 2. The summed E-state index contributed by atoms with van der Waals surface area (Å²) in [6.07, 6.45) is 5.66. The van der Waals surface area contributed by atoms with Gasteiger partial charge in [-0.2, -0.15) is 0 Å². The van der Waals surface area contributed by atoms with Crippen LogP contribution in [-0.2, 0) is 19.6 Å². The molecule has 0 bridgehead atoms. The zero-order valence-electron chi connectivity index (χ0n) is 20.4. The summed E-state index contributed by atoms with van der Waals surface area (Å²) in [5.74, 6) is -1.65. The number of hydrogen-bond donors (Lipinski definition) is 2. The summed E-state index contributed by atoms with van der Waals surface area (Å²) < 4.78 is 43.4. The maximum atomic E-state index is 14.3. The summed E-state index contributed by atoms with van der Waals surface area (Å²) in [5.41, 5.74) is 2.14. The second kappa shape index (κ2) is 9.97. The standard InChI is InChI=1S/C26H32FN3O4S/c1-16-12-17(2)25(18(3)13-16)35(33,34)30-22-14-19(27)10-11-21(22)29-26(32)23(30)15-24(31)28-20-8-6-4-5-7-9-20/h10-14,20,23H,4-9,15H2,1-3H3,(H,28,31)(H,29,32). The molecule has 9 heteroatoms. The number of anilines is 2. The van der Waals surface area contributed by atoms with Crippen molar-refractivity contribution in [1.82, 2.24) is 5.32 Å². The molecule has 35 heavy (non-hydrogen) atoms. The van der Waals surface area contributed by atoms with Gasteiger partial charge in [-0.15, -0.1) is 0 Å². The Labute approximate surface area is 206 Å². The van der Waals surface area contributed by atoms with E-state index in [4.69, 9.17) is 0 Å². The van der Waals surface area contributed by atoms with Crippen molar-refractivity contribution >= 4 is 33.2 Å². The number of fused-ring (bicyclic) bond motifs is 1. The van der Waals surface area contributed by atoms with Crippen LogP contribution in [0.1, 0.15) is 61.6 Å². The fraction of sp³-hybridized carbons (Fsp3) is 0.462. The number of halogens is 1. The maximum Gasteiger partial charge on any atom is 0.265 e. The Hall–Kier alpha value is -2.94. The third-order valence-electron chi connectivity index (χ3n) is 6.76. The van der Waals surface area contributed by atoms with Gasteiger partial charge in [0.2, 0.25) is 11.8 Å². The monoisotopic (exact) mass is 501 g/mol. The quantitative estimate of drug-likeness (QED) is 0.590. The van der Waals surface area contributed by atoms with Crippen LogP contribution in [-0.4, -0.2) is 32.3 Å². The molecular formula is C26H32FN3O4S. The fourth-order valence-corrected chi connectivity index (χ4v) is 7.36. The molecule has 1 aliphatic carbocycles. The van der Waals surface area contributed by atoms with Crippen molar-refractivity contribution in [2.24, 2.45) is 0 Å². The highest BCUT2D eigenvalue weighted by Crippen LogP contribution is 2.39. The van der Waals surface area contributed by atoms with Gasteiger partial charge in [0.05, 0.1) is 22.7 Å². The highest BCUT2D eigenvalue weighted by molar-refractivity contribution is 7.93. The van der Waals surface area contributed by atoms with Crippen LogP contribution in [0.4, 0.5) is 15.8 Å². The number of hydrogen-bond acceptors (Lipinski definition) is 4. The van der Waals surface area contributed by atoms with Gasteiger partial charge in [-0.25, -0.2) is 12.8 Å². The lowest BCUT2D eigenvalue weighted by Gasteiger charge is -2.37. The van der Waals surface area contributed by atoms with Gasteiger partial charge < -0.3 is 10.6 Å². The van der Waals surface area contributed by atoms with Crippen molar-refractivity contribution in [3.63, 3.8) is 0 Å². The average Bonchev–Trinajstić information content (AvgIpc) is 3.02.